The quantitative estimate of drug-likeness (QED) is 0.0421. The normalized spacial score (nSPS) is 13.2. The lowest BCUT2D eigenvalue weighted by molar-refractivity contribution is -0.525. The number of ether oxygens (including phenoxy) is 1. The Morgan fingerprint density at radius 3 is 2.15 bits per heavy atom. The highest BCUT2D eigenvalue weighted by atomic mass is 16.7. The maximum absolute atomic E-state index is 13.5. The number of amides is 5. The molecular formula is C29H40N10O7. The van der Waals surface area contributed by atoms with Gasteiger partial charge in [-0.3, -0.25) is 9.59 Å². The van der Waals surface area contributed by atoms with Gasteiger partial charge in [0.05, 0.1) is 6.04 Å². The Balaban J connectivity index is 2.13. The van der Waals surface area contributed by atoms with Gasteiger partial charge in [0.15, 0.2) is 5.03 Å². The van der Waals surface area contributed by atoms with Crippen LogP contribution in [0.5, 0.6) is 0 Å². The SMILES string of the molecule is CC(C)[C@H](NC(=O)[C@H](Cc1ccccc1)NC(=O)OCc1ccccc1)C(=O)N[C@H](/C=N/NC(N)=O)CCCN=C(N)N[N+](=O)[O-]. The van der Waals surface area contributed by atoms with Gasteiger partial charge in [0, 0.05) is 19.2 Å². The molecule has 0 saturated heterocycles. The van der Waals surface area contributed by atoms with Crippen molar-refractivity contribution in [2.24, 2.45) is 27.5 Å². The average molecular weight is 641 g/mol. The Hall–Kier alpha value is -5.74. The van der Waals surface area contributed by atoms with Crippen LogP contribution in [0.2, 0.25) is 0 Å². The fraction of sp³-hybridized carbons (Fsp3) is 0.379. The summed E-state index contributed by atoms with van der Waals surface area (Å²) in [5, 5.41) is 21.4. The molecule has 0 radical (unpaired) electrons. The van der Waals surface area contributed by atoms with Gasteiger partial charge in [-0.1, -0.05) is 79.9 Å². The highest BCUT2D eigenvalue weighted by molar-refractivity contribution is 5.92. The number of nitrogens with zero attached hydrogens (tertiary/aromatic N) is 3. The van der Waals surface area contributed by atoms with Crippen molar-refractivity contribution in [3.05, 3.63) is 81.9 Å². The summed E-state index contributed by atoms with van der Waals surface area (Å²) in [6, 6.07) is 14.3. The summed E-state index contributed by atoms with van der Waals surface area (Å²) < 4.78 is 5.32. The highest BCUT2D eigenvalue weighted by Gasteiger charge is 2.30. The molecule has 0 spiro atoms. The molecule has 248 valence electrons. The maximum Gasteiger partial charge on any atom is 0.408 e. The molecule has 0 bridgehead atoms. The zero-order chi connectivity index (χ0) is 33.9. The van der Waals surface area contributed by atoms with Crippen molar-refractivity contribution in [1.29, 1.82) is 0 Å². The number of hydrazine groups is 1. The van der Waals surface area contributed by atoms with Crippen LogP contribution in [0, 0.1) is 16.0 Å². The molecule has 0 aromatic heterocycles. The van der Waals surface area contributed by atoms with Crippen LogP contribution in [-0.4, -0.2) is 65.8 Å². The number of hydrogen-bond acceptors (Lipinski definition) is 9. The van der Waals surface area contributed by atoms with Crippen molar-refractivity contribution < 1.29 is 28.9 Å². The zero-order valence-corrected chi connectivity index (χ0v) is 25.5. The zero-order valence-electron chi connectivity index (χ0n) is 25.5. The maximum atomic E-state index is 13.5. The second-order valence-electron chi connectivity index (χ2n) is 10.3. The minimum atomic E-state index is -1.08. The second-order valence-corrected chi connectivity index (χ2v) is 10.3. The van der Waals surface area contributed by atoms with Crippen LogP contribution in [0.15, 0.2) is 70.8 Å². The second kappa shape index (κ2) is 19.5. The van der Waals surface area contributed by atoms with E-state index in [1.807, 2.05) is 29.7 Å². The number of urea groups is 1. The van der Waals surface area contributed by atoms with E-state index >= 15 is 0 Å². The number of carbonyl (C=O) groups is 4. The van der Waals surface area contributed by atoms with Gasteiger partial charge >= 0.3 is 12.1 Å². The standard InChI is InChI=1S/C29H40N10O7/c1-19(2)24(26(41)34-22(17-33-37-28(31)42)14-9-15-32-27(30)38-39(44)45)36-25(40)23(16-20-10-5-3-6-11-20)35-29(43)46-18-21-12-7-4-8-13-21/h3-8,10-13,17,19,22-24H,9,14-16,18H2,1-2H3,(H,34,41)(H,35,43)(H,36,40)(H3,30,32,38)(H3,31,37,42)/b33-17+/t22-,23-,24-/m0/s1. The molecular weight excluding hydrogens is 600 g/mol. The monoisotopic (exact) mass is 640 g/mol. The highest BCUT2D eigenvalue weighted by Crippen LogP contribution is 2.09. The number of rotatable bonds is 17. The lowest BCUT2D eigenvalue weighted by Gasteiger charge is -2.26. The Morgan fingerprint density at radius 2 is 1.57 bits per heavy atom. The summed E-state index contributed by atoms with van der Waals surface area (Å²) in [5.74, 6) is -1.95. The van der Waals surface area contributed by atoms with Crippen LogP contribution in [0.1, 0.15) is 37.8 Å². The van der Waals surface area contributed by atoms with Crippen molar-refractivity contribution in [3.63, 3.8) is 0 Å². The van der Waals surface area contributed by atoms with Crippen LogP contribution in [0.4, 0.5) is 9.59 Å². The van der Waals surface area contributed by atoms with Crippen molar-refractivity contribution >= 4 is 36.1 Å². The number of hydrogen-bond donors (Lipinski definition) is 7. The molecule has 2 aromatic rings. The molecule has 0 aliphatic heterocycles. The first-order chi connectivity index (χ1) is 21.9. The number of alkyl carbamates (subject to hydrolysis) is 1. The largest absolute Gasteiger partial charge is 0.445 e. The fourth-order valence-electron chi connectivity index (χ4n) is 4.04. The summed E-state index contributed by atoms with van der Waals surface area (Å²) in [4.78, 5) is 65.0. The summed E-state index contributed by atoms with van der Waals surface area (Å²) in [6.45, 7) is 3.54. The molecule has 17 heteroatoms. The van der Waals surface area contributed by atoms with Crippen molar-refractivity contribution in [2.45, 2.75) is 57.8 Å². The van der Waals surface area contributed by atoms with E-state index in [0.29, 0.717) is 6.42 Å². The average Bonchev–Trinajstić information content (AvgIpc) is 3.00. The molecule has 0 heterocycles. The Kier molecular flexibility index (Phi) is 15.5. The molecule has 9 N–H and O–H groups in total. The van der Waals surface area contributed by atoms with Gasteiger partial charge in [0.1, 0.15) is 18.7 Å². The molecule has 46 heavy (non-hydrogen) atoms. The predicted octanol–water partition coefficient (Wildman–Crippen LogP) is 0.680. The van der Waals surface area contributed by atoms with Crippen LogP contribution < -0.4 is 38.3 Å². The number of carbonyl (C=O) groups excluding carboxylic acids is 4. The van der Waals surface area contributed by atoms with E-state index < -0.39 is 47.1 Å². The summed E-state index contributed by atoms with van der Waals surface area (Å²) in [6.07, 6.45) is 1.10. The molecule has 0 fully saturated rings. The summed E-state index contributed by atoms with van der Waals surface area (Å²) in [7, 11) is 0. The number of guanidine groups is 1. The topological polar surface area (TPSA) is 258 Å². The van der Waals surface area contributed by atoms with Gasteiger partial charge in [-0.05, 0) is 29.9 Å². The first-order valence-electron chi connectivity index (χ1n) is 14.4. The Bertz CT molecular complexity index is 1360. The van der Waals surface area contributed by atoms with Crippen molar-refractivity contribution in [3.8, 4) is 0 Å². The van der Waals surface area contributed by atoms with Crippen LogP contribution in [0.25, 0.3) is 0 Å². The molecule has 0 aliphatic carbocycles. The molecule has 0 saturated carbocycles. The third kappa shape index (κ3) is 14.6. The van der Waals surface area contributed by atoms with Gasteiger partial charge in [0.25, 0.3) is 5.96 Å². The first-order valence-corrected chi connectivity index (χ1v) is 14.4. The first kappa shape index (κ1) is 36.5. The number of nitro groups is 1. The van der Waals surface area contributed by atoms with Gasteiger partial charge in [-0.2, -0.15) is 5.10 Å². The molecule has 0 unspecified atom stereocenters. The number of primary amides is 1. The molecule has 2 rings (SSSR count). The number of aliphatic imine (C=N–C) groups is 1. The van der Waals surface area contributed by atoms with E-state index in [4.69, 9.17) is 16.2 Å². The van der Waals surface area contributed by atoms with Crippen molar-refractivity contribution in [1.82, 2.24) is 26.8 Å². The Morgan fingerprint density at radius 1 is 0.935 bits per heavy atom. The minimum Gasteiger partial charge on any atom is -0.445 e. The van der Waals surface area contributed by atoms with Crippen molar-refractivity contribution in [2.75, 3.05) is 6.54 Å². The molecule has 5 amide bonds. The number of nitrogens with one attached hydrogen (secondary N) is 5. The van der Waals surface area contributed by atoms with E-state index in [0.717, 1.165) is 11.1 Å². The number of hydrazone groups is 1. The van der Waals surface area contributed by atoms with Gasteiger partial charge in [-0.15, -0.1) is 0 Å². The lowest BCUT2D eigenvalue weighted by atomic mass is 10.0. The lowest BCUT2D eigenvalue weighted by Crippen LogP contribution is -2.57. The molecule has 0 aliphatic rings. The fourth-order valence-corrected chi connectivity index (χ4v) is 4.04. The van der Waals surface area contributed by atoms with Crippen LogP contribution in [-0.2, 0) is 27.4 Å². The van der Waals surface area contributed by atoms with Crippen LogP contribution in [0.3, 0.4) is 0 Å². The predicted molar refractivity (Wildman–Crippen MR) is 169 cm³/mol. The van der Waals surface area contributed by atoms with E-state index in [9.17, 15) is 29.3 Å². The van der Waals surface area contributed by atoms with Gasteiger partial charge in [-0.25, -0.2) is 30.1 Å². The number of benzene rings is 2. The Labute approximate surface area is 265 Å². The van der Waals surface area contributed by atoms with Crippen LogP contribution >= 0.6 is 0 Å². The van der Waals surface area contributed by atoms with E-state index in [1.54, 1.807) is 55.7 Å². The van der Waals surface area contributed by atoms with Gasteiger partial charge in [0.2, 0.25) is 11.8 Å². The van der Waals surface area contributed by atoms with Gasteiger partial charge < -0.3 is 32.2 Å². The minimum absolute atomic E-state index is 0.00106. The molecule has 17 nitrogen and oxygen atoms in total. The molecule has 2 aromatic carbocycles. The summed E-state index contributed by atoms with van der Waals surface area (Å²) >= 11 is 0. The smallest absolute Gasteiger partial charge is 0.408 e. The van der Waals surface area contributed by atoms with E-state index in [-0.39, 0.29) is 37.9 Å². The number of nitrogens with two attached hydrogens (primary N) is 2. The molecule has 3 atom stereocenters. The third-order valence-corrected chi connectivity index (χ3v) is 6.27. The van der Waals surface area contributed by atoms with E-state index in [2.05, 4.69) is 26.0 Å². The third-order valence-electron chi connectivity index (χ3n) is 6.27. The summed E-state index contributed by atoms with van der Waals surface area (Å²) in [5.41, 5.74) is 15.8. The van der Waals surface area contributed by atoms with E-state index in [1.165, 1.54) is 6.21 Å².